The number of aliphatic hydroxyl groups excluding tert-OH is 1. The van der Waals surface area contributed by atoms with Crippen molar-refractivity contribution in [2.24, 2.45) is 0 Å². The first-order valence-electron chi connectivity index (χ1n) is 7.80. The Morgan fingerprint density at radius 2 is 2.05 bits per heavy atom. The molecule has 0 fully saturated rings. The second-order valence-electron chi connectivity index (χ2n) is 5.54. The average molecular weight is 303 g/mol. The van der Waals surface area contributed by atoms with E-state index in [4.69, 9.17) is 9.15 Å². The Morgan fingerprint density at radius 1 is 1.23 bits per heavy atom. The molecule has 1 aromatic heterocycles. The summed E-state index contributed by atoms with van der Waals surface area (Å²) in [6.07, 6.45) is 2.18. The van der Waals surface area contributed by atoms with Crippen LogP contribution in [0.1, 0.15) is 24.7 Å². The summed E-state index contributed by atoms with van der Waals surface area (Å²) < 4.78 is 11.1. The maximum atomic E-state index is 10.2. The van der Waals surface area contributed by atoms with E-state index >= 15 is 0 Å². The number of hydrogen-bond donors (Lipinski definition) is 1. The Bertz CT molecular complexity index is 539. The third-order valence-electron chi connectivity index (χ3n) is 3.49. The molecule has 1 N–H and O–H groups in total. The Hall–Kier alpha value is -1.78. The topological polar surface area (TPSA) is 45.8 Å². The zero-order valence-corrected chi connectivity index (χ0v) is 13.4. The second-order valence-corrected chi connectivity index (χ2v) is 5.54. The molecule has 0 saturated heterocycles. The summed E-state index contributed by atoms with van der Waals surface area (Å²) in [5, 5.41) is 10.2. The third-order valence-corrected chi connectivity index (χ3v) is 3.49. The molecule has 0 aliphatic heterocycles. The van der Waals surface area contributed by atoms with E-state index in [0.29, 0.717) is 19.7 Å². The van der Waals surface area contributed by atoms with Crippen LogP contribution < -0.4 is 4.74 Å². The molecule has 0 amide bonds. The lowest BCUT2D eigenvalue weighted by Crippen LogP contribution is -2.35. The van der Waals surface area contributed by atoms with E-state index in [2.05, 4.69) is 11.8 Å². The first kappa shape index (κ1) is 16.6. The number of benzene rings is 1. The van der Waals surface area contributed by atoms with Crippen LogP contribution in [0.25, 0.3) is 0 Å². The number of aliphatic hydroxyl groups is 1. The highest BCUT2D eigenvalue weighted by Crippen LogP contribution is 2.16. The summed E-state index contributed by atoms with van der Waals surface area (Å²) in [7, 11) is 0. The maximum Gasteiger partial charge on any atom is 0.122 e. The lowest BCUT2D eigenvalue weighted by Gasteiger charge is -2.24. The number of aryl methyl sites for hydroxylation is 1. The first-order valence-corrected chi connectivity index (χ1v) is 7.80. The van der Waals surface area contributed by atoms with E-state index in [-0.39, 0.29) is 0 Å². The molecule has 0 bridgehead atoms. The first-order chi connectivity index (χ1) is 10.7. The summed E-state index contributed by atoms with van der Waals surface area (Å²) in [4.78, 5) is 2.19. The van der Waals surface area contributed by atoms with Gasteiger partial charge in [0.25, 0.3) is 0 Å². The molecule has 2 rings (SSSR count). The molecule has 0 radical (unpaired) electrons. The maximum absolute atomic E-state index is 10.2. The molecule has 4 heteroatoms. The molecule has 1 aromatic carbocycles. The van der Waals surface area contributed by atoms with Crippen LogP contribution in [0.5, 0.6) is 5.75 Å². The van der Waals surface area contributed by atoms with Crippen molar-refractivity contribution < 1.29 is 14.3 Å². The fourth-order valence-corrected chi connectivity index (χ4v) is 2.43. The van der Waals surface area contributed by atoms with Crippen molar-refractivity contribution in [3.8, 4) is 5.75 Å². The molecule has 120 valence electrons. The molecular formula is C18H25NO3. The smallest absolute Gasteiger partial charge is 0.122 e. The van der Waals surface area contributed by atoms with Crippen LogP contribution in [-0.2, 0) is 6.54 Å². The molecule has 0 unspecified atom stereocenters. The molecule has 0 spiro atoms. The van der Waals surface area contributed by atoms with Crippen LogP contribution in [0.4, 0.5) is 0 Å². The number of hydrogen-bond acceptors (Lipinski definition) is 4. The number of furan rings is 1. The van der Waals surface area contributed by atoms with Crippen molar-refractivity contribution in [2.75, 3.05) is 19.7 Å². The molecule has 4 nitrogen and oxygen atoms in total. The fraction of sp³-hybridized carbons (Fsp3) is 0.444. The van der Waals surface area contributed by atoms with Gasteiger partial charge in [0.05, 0.1) is 12.8 Å². The molecule has 2 aromatic rings. The van der Waals surface area contributed by atoms with Crippen molar-refractivity contribution in [3.05, 3.63) is 54.0 Å². The third kappa shape index (κ3) is 5.20. The van der Waals surface area contributed by atoms with Gasteiger partial charge < -0.3 is 14.3 Å². The summed E-state index contributed by atoms with van der Waals surface area (Å²) in [5.74, 6) is 1.75. The molecule has 0 aliphatic rings. The normalized spacial score (nSPS) is 12.5. The van der Waals surface area contributed by atoms with Crippen molar-refractivity contribution in [1.29, 1.82) is 0 Å². The van der Waals surface area contributed by atoms with Gasteiger partial charge in [0.1, 0.15) is 24.2 Å². The molecule has 22 heavy (non-hydrogen) atoms. The predicted molar refractivity (Wildman–Crippen MR) is 87.0 cm³/mol. The van der Waals surface area contributed by atoms with Gasteiger partial charge in [-0.3, -0.25) is 4.90 Å². The van der Waals surface area contributed by atoms with Crippen LogP contribution in [0, 0.1) is 6.92 Å². The van der Waals surface area contributed by atoms with Gasteiger partial charge >= 0.3 is 0 Å². The molecule has 0 saturated carbocycles. The summed E-state index contributed by atoms with van der Waals surface area (Å²) in [6.45, 7) is 6.63. The quantitative estimate of drug-likeness (QED) is 0.772. The van der Waals surface area contributed by atoms with E-state index in [1.165, 1.54) is 0 Å². The molecule has 0 aliphatic carbocycles. The van der Waals surface area contributed by atoms with Crippen molar-refractivity contribution in [1.82, 2.24) is 4.90 Å². The molecule has 1 heterocycles. The van der Waals surface area contributed by atoms with Gasteiger partial charge in [-0.05, 0) is 43.7 Å². The van der Waals surface area contributed by atoms with Crippen molar-refractivity contribution >= 4 is 0 Å². The highest BCUT2D eigenvalue weighted by Gasteiger charge is 2.14. The number of ether oxygens (including phenoxy) is 1. The zero-order valence-electron chi connectivity index (χ0n) is 13.4. The lowest BCUT2D eigenvalue weighted by atomic mass is 10.2. The summed E-state index contributed by atoms with van der Waals surface area (Å²) in [5.41, 5.74) is 1.08. The highest BCUT2D eigenvalue weighted by molar-refractivity contribution is 5.31. The van der Waals surface area contributed by atoms with E-state index in [9.17, 15) is 5.11 Å². The van der Waals surface area contributed by atoms with E-state index in [1.54, 1.807) is 6.26 Å². The number of rotatable bonds is 9. The summed E-state index contributed by atoms with van der Waals surface area (Å²) >= 11 is 0. The van der Waals surface area contributed by atoms with Gasteiger partial charge in [0.15, 0.2) is 0 Å². The van der Waals surface area contributed by atoms with Gasteiger partial charge in [-0.2, -0.15) is 0 Å². The van der Waals surface area contributed by atoms with Gasteiger partial charge in [0.2, 0.25) is 0 Å². The minimum absolute atomic E-state index is 0.295. The van der Waals surface area contributed by atoms with Crippen LogP contribution in [0.3, 0.4) is 0 Å². The van der Waals surface area contributed by atoms with Gasteiger partial charge in [-0.1, -0.05) is 25.1 Å². The fourth-order valence-electron chi connectivity index (χ4n) is 2.43. The average Bonchev–Trinajstić information content (AvgIpc) is 2.99. The van der Waals surface area contributed by atoms with Crippen LogP contribution in [-0.4, -0.2) is 35.8 Å². The van der Waals surface area contributed by atoms with Gasteiger partial charge in [-0.15, -0.1) is 0 Å². The Kier molecular flexibility index (Phi) is 6.49. The minimum Gasteiger partial charge on any atom is -0.491 e. The van der Waals surface area contributed by atoms with E-state index in [1.807, 2.05) is 43.3 Å². The van der Waals surface area contributed by atoms with E-state index < -0.39 is 6.10 Å². The number of nitrogens with zero attached hydrogens (tertiary/aromatic N) is 1. The largest absolute Gasteiger partial charge is 0.491 e. The van der Waals surface area contributed by atoms with Crippen LogP contribution in [0.2, 0.25) is 0 Å². The van der Waals surface area contributed by atoms with Crippen LogP contribution >= 0.6 is 0 Å². The number of para-hydroxylation sites is 1. The van der Waals surface area contributed by atoms with Gasteiger partial charge in [0, 0.05) is 6.54 Å². The summed E-state index contributed by atoms with van der Waals surface area (Å²) in [6, 6.07) is 11.7. The Labute approximate surface area is 132 Å². The minimum atomic E-state index is -0.527. The molecular weight excluding hydrogens is 278 g/mol. The lowest BCUT2D eigenvalue weighted by molar-refractivity contribution is 0.0631. The van der Waals surface area contributed by atoms with Crippen molar-refractivity contribution in [3.63, 3.8) is 0 Å². The standard InChI is InChI=1S/C18H25NO3/c1-3-10-19(13-17-8-6-11-21-17)12-16(20)14-22-18-9-5-4-7-15(18)2/h4-9,11,16,20H,3,10,12-14H2,1-2H3/t16-/m0/s1. The van der Waals surface area contributed by atoms with E-state index in [0.717, 1.165) is 30.0 Å². The predicted octanol–water partition coefficient (Wildman–Crippen LogP) is 3.24. The zero-order chi connectivity index (χ0) is 15.8. The van der Waals surface area contributed by atoms with Crippen molar-refractivity contribution in [2.45, 2.75) is 32.9 Å². The second kappa shape index (κ2) is 8.61. The van der Waals surface area contributed by atoms with Crippen LogP contribution in [0.15, 0.2) is 47.1 Å². The monoisotopic (exact) mass is 303 g/mol. The van der Waals surface area contributed by atoms with Gasteiger partial charge in [-0.25, -0.2) is 0 Å². The molecule has 1 atom stereocenters. The Morgan fingerprint density at radius 3 is 2.73 bits per heavy atom. The Balaban J connectivity index is 1.82. The highest BCUT2D eigenvalue weighted by atomic mass is 16.5. The SMILES string of the molecule is CCCN(Cc1ccco1)C[C@H](O)COc1ccccc1C.